The highest BCUT2D eigenvalue weighted by Gasteiger charge is 2.52. The fourth-order valence-electron chi connectivity index (χ4n) is 6.26. The lowest BCUT2D eigenvalue weighted by Gasteiger charge is -2.48. The van der Waals surface area contributed by atoms with Crippen molar-refractivity contribution in [3.63, 3.8) is 0 Å². The summed E-state index contributed by atoms with van der Waals surface area (Å²) in [4.78, 5) is 4.48. The van der Waals surface area contributed by atoms with E-state index in [2.05, 4.69) is 37.9 Å². The van der Waals surface area contributed by atoms with E-state index in [-0.39, 0.29) is 6.42 Å². The van der Waals surface area contributed by atoms with E-state index in [9.17, 15) is 35.7 Å². The average Bonchev–Trinajstić information content (AvgIpc) is 3.03. The fraction of sp³-hybridized carbons (Fsp3) is 0.794. The first-order valence-electron chi connectivity index (χ1n) is 17.0. The Morgan fingerprint density at radius 2 is 1.29 bits per heavy atom. The second-order valence-electron chi connectivity index (χ2n) is 13.6. The zero-order valence-electron chi connectivity index (χ0n) is 28.8. The van der Waals surface area contributed by atoms with E-state index in [1.807, 2.05) is 19.9 Å². The Hall–Kier alpha value is -1.63. The lowest BCUT2D eigenvalue weighted by atomic mass is 9.84. The number of aliphatic hydroxyl groups is 7. The average molecular weight is 686 g/mol. The molecule has 0 spiro atoms. The number of nitrogens with zero attached hydrogens (tertiary/aromatic N) is 1. The summed E-state index contributed by atoms with van der Waals surface area (Å²) in [5.41, 5.74) is 16.3. The second-order valence-corrected chi connectivity index (χ2v) is 13.6. The molecule has 48 heavy (non-hydrogen) atoms. The molecule has 0 radical (unpaired) electrons. The van der Waals surface area contributed by atoms with Crippen LogP contribution in [-0.4, -0.2) is 140 Å². The van der Waals surface area contributed by atoms with E-state index in [0.717, 1.165) is 31.3 Å². The van der Waals surface area contributed by atoms with Gasteiger partial charge in [-0.2, -0.15) is 0 Å². The van der Waals surface area contributed by atoms with Crippen LogP contribution in [0.25, 0.3) is 0 Å². The van der Waals surface area contributed by atoms with Crippen molar-refractivity contribution < 1.29 is 54.7 Å². The minimum absolute atomic E-state index is 0.0995. The van der Waals surface area contributed by atoms with Gasteiger partial charge in [-0.15, -0.1) is 0 Å². The largest absolute Gasteiger partial charge is 0.394 e. The highest BCUT2D eigenvalue weighted by Crippen LogP contribution is 2.32. The summed E-state index contributed by atoms with van der Waals surface area (Å²) in [7, 11) is 0. The molecule has 15 unspecified atom stereocenters. The lowest BCUT2D eigenvalue weighted by Crippen LogP contribution is -2.67. The molecular weight excluding hydrogens is 626 g/mol. The van der Waals surface area contributed by atoms with Crippen LogP contribution in [-0.2, 0) is 18.9 Å². The molecule has 0 amide bonds. The van der Waals surface area contributed by atoms with E-state index in [4.69, 9.17) is 30.4 Å². The van der Waals surface area contributed by atoms with Crippen molar-refractivity contribution in [1.82, 2.24) is 0 Å². The van der Waals surface area contributed by atoms with Gasteiger partial charge in [-0.05, 0) is 72.3 Å². The van der Waals surface area contributed by atoms with Gasteiger partial charge in [-0.25, -0.2) is 0 Å². The quantitative estimate of drug-likeness (QED) is 0.0843. The molecule has 2 saturated heterocycles. The number of rotatable bonds is 14. The molecule has 11 N–H and O–H groups in total. The zero-order chi connectivity index (χ0) is 35.7. The molecule has 3 aliphatic rings. The minimum atomic E-state index is -1.71. The molecule has 14 heteroatoms. The van der Waals surface area contributed by atoms with Gasteiger partial charge < -0.3 is 66.2 Å². The van der Waals surface area contributed by atoms with Crippen LogP contribution >= 0.6 is 0 Å². The van der Waals surface area contributed by atoms with Crippen molar-refractivity contribution in [3.8, 4) is 0 Å². The number of allylic oxidation sites excluding steroid dienone is 6. The van der Waals surface area contributed by atoms with Gasteiger partial charge in [0.25, 0.3) is 0 Å². The van der Waals surface area contributed by atoms with E-state index < -0.39 is 98.4 Å². The molecule has 276 valence electrons. The number of ether oxygens (including phenoxy) is 4. The van der Waals surface area contributed by atoms with Crippen molar-refractivity contribution in [2.24, 2.45) is 16.5 Å². The molecule has 1 saturated carbocycles. The van der Waals surface area contributed by atoms with Gasteiger partial charge in [-0.3, -0.25) is 4.99 Å². The van der Waals surface area contributed by atoms with Crippen molar-refractivity contribution in [3.05, 3.63) is 34.9 Å². The van der Waals surface area contributed by atoms with Gasteiger partial charge in [0.1, 0.15) is 61.0 Å². The van der Waals surface area contributed by atoms with Gasteiger partial charge in [0, 0.05) is 18.3 Å². The summed E-state index contributed by atoms with van der Waals surface area (Å²) in [5, 5.41) is 73.7. The first-order chi connectivity index (χ1) is 22.7. The number of aliphatic hydroxyl groups excluding tert-OH is 7. The summed E-state index contributed by atoms with van der Waals surface area (Å²) in [6.07, 6.45) is -4.07. The van der Waals surface area contributed by atoms with Crippen LogP contribution in [0.15, 0.2) is 39.9 Å². The topological polar surface area (TPSA) is 243 Å². The first kappa shape index (κ1) is 40.8. The molecule has 2 heterocycles. The van der Waals surface area contributed by atoms with Crippen molar-refractivity contribution in [2.45, 2.75) is 165 Å². The first-order valence-corrected chi connectivity index (χ1v) is 17.0. The third-order valence-corrected chi connectivity index (χ3v) is 9.30. The Bertz CT molecular complexity index is 1110. The van der Waals surface area contributed by atoms with Gasteiger partial charge in [0.15, 0.2) is 12.6 Å². The maximum Gasteiger partial charge on any atom is 0.187 e. The maximum atomic E-state index is 11.3. The molecular formula is C34H59N3O11. The molecule has 3 rings (SSSR count). The van der Waals surface area contributed by atoms with E-state index in [0.29, 0.717) is 6.42 Å². The van der Waals surface area contributed by atoms with Crippen LogP contribution in [0, 0.1) is 0 Å². The predicted molar refractivity (Wildman–Crippen MR) is 179 cm³/mol. The zero-order valence-corrected chi connectivity index (χ0v) is 28.8. The van der Waals surface area contributed by atoms with Gasteiger partial charge in [0.05, 0.1) is 12.7 Å². The molecule has 0 bridgehead atoms. The van der Waals surface area contributed by atoms with Crippen LogP contribution in [0.2, 0.25) is 0 Å². The normalized spacial score (nSPS) is 41.5. The number of nitrogens with two attached hydrogens (primary N) is 2. The van der Waals surface area contributed by atoms with Crippen molar-refractivity contribution in [1.29, 1.82) is 0 Å². The third kappa shape index (κ3) is 10.7. The van der Waals surface area contributed by atoms with Crippen LogP contribution in [0.3, 0.4) is 0 Å². The van der Waals surface area contributed by atoms with Crippen LogP contribution in [0.5, 0.6) is 0 Å². The predicted octanol–water partition coefficient (Wildman–Crippen LogP) is -0.309. The summed E-state index contributed by atoms with van der Waals surface area (Å²) in [6, 6.07) is -2.65. The number of hydrogen-bond acceptors (Lipinski definition) is 14. The Balaban J connectivity index is 1.67. The Labute approximate surface area is 283 Å². The molecule has 2 aliphatic heterocycles. The van der Waals surface area contributed by atoms with E-state index in [1.165, 1.54) is 11.1 Å². The highest BCUT2D eigenvalue weighted by molar-refractivity contribution is 5.72. The van der Waals surface area contributed by atoms with Crippen LogP contribution in [0.1, 0.15) is 73.1 Å². The highest BCUT2D eigenvalue weighted by atomic mass is 16.7. The fourth-order valence-corrected chi connectivity index (χ4v) is 6.26. The smallest absolute Gasteiger partial charge is 0.187 e. The second kappa shape index (κ2) is 19.1. The molecule has 0 aromatic heterocycles. The third-order valence-electron chi connectivity index (χ3n) is 9.30. The van der Waals surface area contributed by atoms with Crippen LogP contribution in [0.4, 0.5) is 0 Å². The molecule has 1 aliphatic carbocycles. The Morgan fingerprint density at radius 3 is 1.88 bits per heavy atom. The Kier molecular flexibility index (Phi) is 16.2. The maximum absolute atomic E-state index is 11.3. The minimum Gasteiger partial charge on any atom is -0.394 e. The lowest BCUT2D eigenvalue weighted by molar-refractivity contribution is -0.334. The number of aliphatic imine (C=N–C) groups is 1. The van der Waals surface area contributed by atoms with E-state index in [1.54, 1.807) is 6.21 Å². The molecule has 3 fully saturated rings. The summed E-state index contributed by atoms with van der Waals surface area (Å²) >= 11 is 0. The SMILES string of the molecule is CCC1OC(OC2C(N)CC(N)C(OC3OC(CO)C(O)C(O)C3O)C2O)C(O)C(N=C/C=C(\C)CC/C=C(\C)CCC=C(C)C)C1O. The summed E-state index contributed by atoms with van der Waals surface area (Å²) < 4.78 is 23.2. The molecule has 14 nitrogen and oxygen atoms in total. The van der Waals surface area contributed by atoms with Gasteiger partial charge in [-0.1, -0.05) is 35.8 Å². The van der Waals surface area contributed by atoms with Gasteiger partial charge >= 0.3 is 0 Å². The molecule has 0 aromatic rings. The van der Waals surface area contributed by atoms with E-state index >= 15 is 0 Å². The molecule has 15 atom stereocenters. The van der Waals surface area contributed by atoms with Crippen molar-refractivity contribution >= 4 is 6.21 Å². The summed E-state index contributed by atoms with van der Waals surface area (Å²) in [5.74, 6) is 0. The van der Waals surface area contributed by atoms with Gasteiger partial charge in [0.2, 0.25) is 0 Å². The monoisotopic (exact) mass is 685 g/mol. The standard InChI is InChI=1S/C34H59N3O11/c1-6-22-25(39)24(37-14-13-19(5)12-8-11-18(4)10-7-9-17(2)3)27(41)33(45-22)47-31-20(35)15-21(36)32(30(31)44)48-34-29(43)28(42)26(40)23(16-38)46-34/h9,11,13-14,20-34,38-44H,6-8,10,12,15-16,35-36H2,1-5H3/b18-11+,19-13+,37-14?. The van der Waals surface area contributed by atoms with Crippen LogP contribution < -0.4 is 11.5 Å². The summed E-state index contributed by atoms with van der Waals surface area (Å²) in [6.45, 7) is 9.48. The molecule has 0 aromatic carbocycles. The number of hydrogen-bond donors (Lipinski definition) is 9. The van der Waals surface area contributed by atoms with Crippen molar-refractivity contribution in [2.75, 3.05) is 6.61 Å². The Morgan fingerprint density at radius 1 is 0.729 bits per heavy atom.